The van der Waals surface area contributed by atoms with Gasteiger partial charge in [-0.2, -0.15) is 5.06 Å². The van der Waals surface area contributed by atoms with Gasteiger partial charge in [0.1, 0.15) is 0 Å². The normalized spacial score (nSPS) is 24.3. The van der Waals surface area contributed by atoms with Gasteiger partial charge in [-0.05, 0) is 32.1 Å². The molecule has 0 aromatic carbocycles. The fourth-order valence-corrected chi connectivity index (χ4v) is 1.93. The van der Waals surface area contributed by atoms with Gasteiger partial charge in [-0.25, -0.2) is 4.79 Å². The lowest BCUT2D eigenvalue weighted by Gasteiger charge is -2.23. The van der Waals surface area contributed by atoms with Gasteiger partial charge < -0.3 is 9.84 Å². The van der Waals surface area contributed by atoms with Crippen LogP contribution in [0.2, 0.25) is 0 Å². The summed E-state index contributed by atoms with van der Waals surface area (Å²) in [5, 5.41) is 18.2. The molecule has 1 heterocycles. The zero-order valence-electron chi connectivity index (χ0n) is 9.06. The standard InChI is InChI=1S/C10H19NO4/c1-8(11(14)10(12)13)6-9-4-2-3-5-15-7-9/h8-9,14H,2-7H2,1H3,(H,12,13)/t8?,9-/m1/s1. The fraction of sp³-hybridized carbons (Fsp3) is 0.900. The minimum absolute atomic E-state index is 0.358. The number of hydrogen-bond donors (Lipinski definition) is 2. The second-order valence-corrected chi connectivity index (χ2v) is 4.15. The maximum Gasteiger partial charge on any atom is 0.431 e. The number of hydroxylamine groups is 2. The smallest absolute Gasteiger partial charge is 0.431 e. The van der Waals surface area contributed by atoms with E-state index in [9.17, 15) is 10.0 Å². The molecule has 0 aliphatic carbocycles. The first-order chi connectivity index (χ1) is 7.11. The number of hydrogen-bond acceptors (Lipinski definition) is 3. The van der Waals surface area contributed by atoms with Crippen LogP contribution in [-0.4, -0.2) is 40.7 Å². The number of carboxylic acid groups (broad SMARTS) is 1. The SMILES string of the molecule is CC(C[C@H]1CCCCOC1)N(O)C(=O)O. The molecule has 0 aromatic heterocycles. The number of nitrogens with zero attached hydrogens (tertiary/aromatic N) is 1. The minimum atomic E-state index is -1.29. The third-order valence-corrected chi connectivity index (χ3v) is 2.79. The highest BCUT2D eigenvalue weighted by Gasteiger charge is 2.22. The molecule has 1 amide bonds. The second-order valence-electron chi connectivity index (χ2n) is 4.15. The van der Waals surface area contributed by atoms with Gasteiger partial charge in [0.15, 0.2) is 0 Å². The summed E-state index contributed by atoms with van der Waals surface area (Å²) in [4.78, 5) is 10.5. The molecule has 15 heavy (non-hydrogen) atoms. The lowest BCUT2D eigenvalue weighted by molar-refractivity contribution is -0.0979. The highest BCUT2D eigenvalue weighted by atomic mass is 16.6. The minimum Gasteiger partial charge on any atom is -0.463 e. The maximum atomic E-state index is 10.5. The molecule has 0 spiro atoms. The van der Waals surface area contributed by atoms with Gasteiger partial charge >= 0.3 is 6.09 Å². The van der Waals surface area contributed by atoms with Gasteiger partial charge in [0.05, 0.1) is 6.04 Å². The summed E-state index contributed by atoms with van der Waals surface area (Å²) in [5.74, 6) is 0.358. The Hall–Kier alpha value is -0.810. The van der Waals surface area contributed by atoms with Gasteiger partial charge in [0, 0.05) is 13.2 Å². The van der Waals surface area contributed by atoms with E-state index in [0.29, 0.717) is 24.0 Å². The van der Waals surface area contributed by atoms with E-state index in [-0.39, 0.29) is 6.04 Å². The Labute approximate surface area is 89.6 Å². The van der Waals surface area contributed by atoms with Gasteiger partial charge in [0.2, 0.25) is 0 Å². The first-order valence-electron chi connectivity index (χ1n) is 5.40. The molecule has 1 fully saturated rings. The molecule has 2 N–H and O–H groups in total. The molecule has 0 aromatic rings. The fourth-order valence-electron chi connectivity index (χ4n) is 1.93. The van der Waals surface area contributed by atoms with E-state index < -0.39 is 6.09 Å². The Morgan fingerprint density at radius 1 is 1.60 bits per heavy atom. The van der Waals surface area contributed by atoms with Gasteiger partial charge in [-0.15, -0.1) is 0 Å². The molecule has 88 valence electrons. The average Bonchev–Trinajstić information content (AvgIpc) is 2.45. The maximum absolute atomic E-state index is 10.5. The third kappa shape index (κ3) is 4.05. The number of ether oxygens (including phenoxy) is 1. The Morgan fingerprint density at radius 3 is 3.00 bits per heavy atom. The van der Waals surface area contributed by atoms with Gasteiger partial charge in [-0.1, -0.05) is 6.42 Å². The summed E-state index contributed by atoms with van der Waals surface area (Å²) >= 11 is 0. The van der Waals surface area contributed by atoms with Crippen LogP contribution in [-0.2, 0) is 4.74 Å². The molecule has 1 aliphatic rings. The van der Waals surface area contributed by atoms with Gasteiger partial charge in [0.25, 0.3) is 0 Å². The molecular weight excluding hydrogens is 198 g/mol. The van der Waals surface area contributed by atoms with Crippen LogP contribution in [0.3, 0.4) is 0 Å². The van der Waals surface area contributed by atoms with Crippen molar-refractivity contribution in [2.75, 3.05) is 13.2 Å². The summed E-state index contributed by atoms with van der Waals surface area (Å²) in [5.41, 5.74) is 0. The van der Waals surface area contributed by atoms with Crippen molar-refractivity contribution in [3.8, 4) is 0 Å². The van der Waals surface area contributed by atoms with E-state index in [1.54, 1.807) is 6.92 Å². The third-order valence-electron chi connectivity index (χ3n) is 2.79. The Morgan fingerprint density at radius 2 is 2.33 bits per heavy atom. The van der Waals surface area contributed by atoms with Crippen molar-refractivity contribution in [2.24, 2.45) is 5.92 Å². The topological polar surface area (TPSA) is 70.0 Å². The van der Waals surface area contributed by atoms with Crippen molar-refractivity contribution in [3.63, 3.8) is 0 Å². The van der Waals surface area contributed by atoms with E-state index in [1.807, 2.05) is 0 Å². The van der Waals surface area contributed by atoms with Crippen molar-refractivity contribution in [1.82, 2.24) is 5.06 Å². The highest BCUT2D eigenvalue weighted by Crippen LogP contribution is 2.20. The summed E-state index contributed by atoms with van der Waals surface area (Å²) in [6.45, 7) is 3.18. The Bertz CT molecular complexity index is 202. The van der Waals surface area contributed by atoms with Crippen LogP contribution in [0.4, 0.5) is 4.79 Å². The first kappa shape index (κ1) is 12.3. The molecule has 5 heteroatoms. The Balaban J connectivity index is 2.35. The molecular formula is C10H19NO4. The van der Waals surface area contributed by atoms with Crippen molar-refractivity contribution in [2.45, 2.75) is 38.6 Å². The number of amides is 1. The van der Waals surface area contributed by atoms with E-state index in [1.165, 1.54) is 0 Å². The molecule has 1 unspecified atom stereocenters. The molecule has 1 saturated heterocycles. The lowest BCUT2D eigenvalue weighted by atomic mass is 9.96. The summed E-state index contributed by atoms with van der Waals surface area (Å²) < 4.78 is 5.40. The van der Waals surface area contributed by atoms with Crippen LogP contribution in [0.25, 0.3) is 0 Å². The van der Waals surface area contributed by atoms with Crippen LogP contribution < -0.4 is 0 Å². The predicted octanol–water partition coefficient (Wildman–Crippen LogP) is 1.95. The molecule has 0 radical (unpaired) electrons. The van der Waals surface area contributed by atoms with Crippen molar-refractivity contribution in [3.05, 3.63) is 0 Å². The van der Waals surface area contributed by atoms with Crippen molar-refractivity contribution < 1.29 is 19.8 Å². The van der Waals surface area contributed by atoms with E-state index in [2.05, 4.69) is 0 Å². The number of rotatable bonds is 3. The molecule has 0 saturated carbocycles. The van der Waals surface area contributed by atoms with Crippen LogP contribution >= 0.6 is 0 Å². The summed E-state index contributed by atoms with van der Waals surface area (Å²) in [6, 6.07) is -0.366. The van der Waals surface area contributed by atoms with Crippen molar-refractivity contribution >= 4 is 6.09 Å². The van der Waals surface area contributed by atoms with Crippen LogP contribution in [0.5, 0.6) is 0 Å². The highest BCUT2D eigenvalue weighted by molar-refractivity contribution is 5.63. The zero-order chi connectivity index (χ0) is 11.3. The van der Waals surface area contributed by atoms with E-state index in [0.717, 1.165) is 25.9 Å². The summed E-state index contributed by atoms with van der Waals surface area (Å²) in [6.07, 6.45) is 2.61. The van der Waals surface area contributed by atoms with Crippen LogP contribution in [0, 0.1) is 5.92 Å². The molecule has 1 rings (SSSR count). The monoisotopic (exact) mass is 217 g/mol. The average molecular weight is 217 g/mol. The molecule has 2 atom stereocenters. The molecule has 0 bridgehead atoms. The lowest BCUT2D eigenvalue weighted by Crippen LogP contribution is -2.36. The first-order valence-corrected chi connectivity index (χ1v) is 5.40. The summed E-state index contributed by atoms with van der Waals surface area (Å²) in [7, 11) is 0. The van der Waals surface area contributed by atoms with E-state index in [4.69, 9.17) is 9.84 Å². The van der Waals surface area contributed by atoms with Crippen molar-refractivity contribution in [1.29, 1.82) is 0 Å². The second kappa shape index (κ2) is 5.92. The Kier molecular flexibility index (Phi) is 4.84. The van der Waals surface area contributed by atoms with E-state index >= 15 is 0 Å². The van der Waals surface area contributed by atoms with Crippen LogP contribution in [0.15, 0.2) is 0 Å². The number of carbonyl (C=O) groups is 1. The zero-order valence-corrected chi connectivity index (χ0v) is 9.06. The van der Waals surface area contributed by atoms with Gasteiger partial charge in [-0.3, -0.25) is 5.21 Å². The predicted molar refractivity (Wildman–Crippen MR) is 53.9 cm³/mol. The van der Waals surface area contributed by atoms with Crippen LogP contribution in [0.1, 0.15) is 32.6 Å². The molecule has 5 nitrogen and oxygen atoms in total. The molecule has 1 aliphatic heterocycles. The largest absolute Gasteiger partial charge is 0.463 e. The quantitative estimate of drug-likeness (QED) is 0.560.